The summed E-state index contributed by atoms with van der Waals surface area (Å²) in [6.45, 7) is 6.16. The summed E-state index contributed by atoms with van der Waals surface area (Å²) >= 11 is 0. The van der Waals surface area contributed by atoms with Crippen LogP contribution in [0.2, 0.25) is 0 Å². The van der Waals surface area contributed by atoms with E-state index in [-0.39, 0.29) is 6.10 Å². The Hall–Kier alpha value is -1.26. The highest BCUT2D eigenvalue weighted by atomic mass is 16.5. The fourth-order valence-corrected chi connectivity index (χ4v) is 2.84. The summed E-state index contributed by atoms with van der Waals surface area (Å²) in [4.78, 5) is 0. The van der Waals surface area contributed by atoms with Crippen LogP contribution in [0.15, 0.2) is 18.2 Å². The van der Waals surface area contributed by atoms with Crippen LogP contribution in [0.25, 0.3) is 0 Å². The Morgan fingerprint density at radius 3 is 2.67 bits per heavy atom. The highest BCUT2D eigenvalue weighted by molar-refractivity contribution is 5.43. The molecule has 1 saturated heterocycles. The highest BCUT2D eigenvalue weighted by Crippen LogP contribution is 2.37. The number of hydrogen-bond donors (Lipinski definition) is 1. The molecule has 1 N–H and O–H groups in total. The van der Waals surface area contributed by atoms with E-state index in [9.17, 15) is 0 Å². The molecule has 0 amide bonds. The van der Waals surface area contributed by atoms with Crippen LogP contribution in [0.3, 0.4) is 0 Å². The lowest BCUT2D eigenvalue weighted by atomic mass is 9.89. The lowest BCUT2D eigenvalue weighted by Gasteiger charge is -2.33. The average Bonchev–Trinajstić information content (AvgIpc) is 2.52. The number of hydrogen-bond acceptors (Lipinski definition) is 4. The maximum Gasteiger partial charge on any atom is 0.161 e. The number of benzene rings is 1. The number of methoxy groups -OCH3 is 2. The van der Waals surface area contributed by atoms with E-state index < -0.39 is 0 Å². The molecule has 2 unspecified atom stereocenters. The Bertz CT molecular complexity index is 448. The van der Waals surface area contributed by atoms with Crippen LogP contribution in [0.5, 0.6) is 11.5 Å². The minimum atomic E-state index is 0.129. The zero-order chi connectivity index (χ0) is 15.2. The first-order valence-corrected chi connectivity index (χ1v) is 7.72. The third kappa shape index (κ3) is 4.11. The molecular formula is C17H27NO3. The molecule has 1 fully saturated rings. The van der Waals surface area contributed by atoms with Gasteiger partial charge in [-0.3, -0.25) is 0 Å². The van der Waals surface area contributed by atoms with Crippen LogP contribution in [-0.2, 0) is 4.74 Å². The summed E-state index contributed by atoms with van der Waals surface area (Å²) in [5, 5.41) is 3.53. The molecule has 0 aromatic heterocycles. The fourth-order valence-electron chi connectivity index (χ4n) is 2.84. The maximum atomic E-state index is 6.05. The van der Waals surface area contributed by atoms with E-state index in [0.29, 0.717) is 12.0 Å². The molecule has 0 aliphatic carbocycles. The molecule has 1 aromatic carbocycles. The van der Waals surface area contributed by atoms with Gasteiger partial charge in [-0.05, 0) is 30.5 Å². The van der Waals surface area contributed by atoms with Gasteiger partial charge in [0.05, 0.1) is 20.3 Å². The van der Waals surface area contributed by atoms with E-state index in [2.05, 4.69) is 25.2 Å². The van der Waals surface area contributed by atoms with E-state index >= 15 is 0 Å². The van der Waals surface area contributed by atoms with Crippen molar-refractivity contribution in [2.24, 2.45) is 5.92 Å². The van der Waals surface area contributed by atoms with E-state index in [1.165, 1.54) is 12.0 Å². The second-order valence-corrected chi connectivity index (χ2v) is 5.87. The van der Waals surface area contributed by atoms with Gasteiger partial charge in [-0.15, -0.1) is 0 Å². The topological polar surface area (TPSA) is 39.7 Å². The molecular weight excluding hydrogens is 266 g/mol. The van der Waals surface area contributed by atoms with Crippen molar-refractivity contribution in [3.63, 3.8) is 0 Å². The lowest BCUT2D eigenvalue weighted by Crippen LogP contribution is -2.35. The molecule has 1 aliphatic rings. The molecule has 1 heterocycles. The minimum Gasteiger partial charge on any atom is -0.493 e. The summed E-state index contributed by atoms with van der Waals surface area (Å²) in [5.74, 6) is 2.02. The second kappa shape index (κ2) is 7.66. The lowest BCUT2D eigenvalue weighted by molar-refractivity contribution is -0.0283. The predicted molar refractivity (Wildman–Crippen MR) is 84.1 cm³/mol. The second-order valence-electron chi connectivity index (χ2n) is 5.87. The molecule has 4 nitrogen and oxygen atoms in total. The van der Waals surface area contributed by atoms with Gasteiger partial charge in [0, 0.05) is 25.1 Å². The summed E-state index contributed by atoms with van der Waals surface area (Å²) in [6, 6.07) is 6.58. The molecule has 0 spiro atoms. The molecule has 0 bridgehead atoms. The Balaban J connectivity index is 2.16. The molecule has 4 heteroatoms. The van der Waals surface area contributed by atoms with Crippen molar-refractivity contribution in [3.8, 4) is 11.5 Å². The van der Waals surface area contributed by atoms with Gasteiger partial charge in [-0.1, -0.05) is 19.9 Å². The highest BCUT2D eigenvalue weighted by Gasteiger charge is 2.28. The molecule has 0 saturated carbocycles. The van der Waals surface area contributed by atoms with E-state index in [0.717, 1.165) is 31.1 Å². The van der Waals surface area contributed by atoms with Crippen molar-refractivity contribution in [1.82, 2.24) is 5.32 Å². The van der Waals surface area contributed by atoms with Crippen molar-refractivity contribution < 1.29 is 14.2 Å². The van der Waals surface area contributed by atoms with E-state index in [1.807, 2.05) is 12.1 Å². The van der Waals surface area contributed by atoms with Crippen molar-refractivity contribution >= 4 is 0 Å². The summed E-state index contributed by atoms with van der Waals surface area (Å²) < 4.78 is 16.8. The van der Waals surface area contributed by atoms with Crippen LogP contribution in [0, 0.1) is 5.92 Å². The first-order chi connectivity index (χ1) is 10.2. The first-order valence-electron chi connectivity index (χ1n) is 7.72. The molecule has 1 aliphatic heterocycles. The first kappa shape index (κ1) is 16.1. The monoisotopic (exact) mass is 293 g/mol. The largest absolute Gasteiger partial charge is 0.493 e. The summed E-state index contributed by atoms with van der Waals surface area (Å²) in [5.41, 5.74) is 1.17. The molecule has 2 rings (SSSR count). The van der Waals surface area contributed by atoms with Crippen LogP contribution >= 0.6 is 0 Å². The fraction of sp³-hybridized carbons (Fsp3) is 0.647. The van der Waals surface area contributed by atoms with Gasteiger partial charge in [0.15, 0.2) is 11.5 Å². The number of ether oxygens (including phenoxy) is 3. The van der Waals surface area contributed by atoms with Gasteiger partial charge in [-0.25, -0.2) is 0 Å². The normalized spacial score (nSPS) is 22.3. The summed E-state index contributed by atoms with van der Waals surface area (Å²) in [6.07, 6.45) is 2.46. The van der Waals surface area contributed by atoms with Gasteiger partial charge in [0.2, 0.25) is 0 Å². The maximum absolute atomic E-state index is 6.05. The number of nitrogens with one attached hydrogen (secondary N) is 1. The summed E-state index contributed by atoms with van der Waals surface area (Å²) in [7, 11) is 3.32. The minimum absolute atomic E-state index is 0.129. The molecule has 118 valence electrons. The van der Waals surface area contributed by atoms with Crippen LogP contribution in [-0.4, -0.2) is 33.4 Å². The number of rotatable bonds is 6. The Kier molecular flexibility index (Phi) is 5.88. The third-order valence-electron chi connectivity index (χ3n) is 3.97. The van der Waals surface area contributed by atoms with Crippen molar-refractivity contribution in [3.05, 3.63) is 23.8 Å². The average molecular weight is 293 g/mol. The molecule has 0 radical (unpaired) electrons. The molecule has 21 heavy (non-hydrogen) atoms. The zero-order valence-corrected chi connectivity index (χ0v) is 13.5. The van der Waals surface area contributed by atoms with Gasteiger partial charge < -0.3 is 19.5 Å². The van der Waals surface area contributed by atoms with Crippen molar-refractivity contribution in [2.45, 2.75) is 38.8 Å². The van der Waals surface area contributed by atoms with Crippen molar-refractivity contribution in [1.29, 1.82) is 0 Å². The van der Waals surface area contributed by atoms with Crippen molar-refractivity contribution in [2.75, 3.05) is 27.4 Å². The van der Waals surface area contributed by atoms with E-state index in [4.69, 9.17) is 14.2 Å². The molecule has 1 aromatic rings. The zero-order valence-electron chi connectivity index (χ0n) is 13.5. The smallest absolute Gasteiger partial charge is 0.161 e. The van der Waals surface area contributed by atoms with Crippen LogP contribution < -0.4 is 14.8 Å². The Labute approximate surface area is 127 Å². The SMILES string of the molecule is COc1ccc(C2OCCCC2CNC(C)C)cc1OC. The van der Waals surface area contributed by atoms with Crippen LogP contribution in [0.1, 0.15) is 38.4 Å². The Morgan fingerprint density at radius 2 is 2.00 bits per heavy atom. The van der Waals surface area contributed by atoms with Gasteiger partial charge in [0.25, 0.3) is 0 Å². The van der Waals surface area contributed by atoms with Gasteiger partial charge in [0.1, 0.15) is 0 Å². The van der Waals surface area contributed by atoms with E-state index in [1.54, 1.807) is 14.2 Å². The van der Waals surface area contributed by atoms with Gasteiger partial charge >= 0.3 is 0 Å². The van der Waals surface area contributed by atoms with Gasteiger partial charge in [-0.2, -0.15) is 0 Å². The standard InChI is InChI=1S/C17H27NO3/c1-12(2)18-11-14-6-5-9-21-17(14)13-7-8-15(19-3)16(10-13)20-4/h7-8,10,12,14,17-18H,5-6,9,11H2,1-4H3. The van der Waals surface area contributed by atoms with Crippen LogP contribution in [0.4, 0.5) is 0 Å². The Morgan fingerprint density at radius 1 is 1.24 bits per heavy atom. The third-order valence-corrected chi connectivity index (χ3v) is 3.97. The molecule has 2 atom stereocenters. The predicted octanol–water partition coefficient (Wildman–Crippen LogP) is 3.17. The quantitative estimate of drug-likeness (QED) is 0.874.